The minimum absolute atomic E-state index is 0.227. The first-order valence-corrected chi connectivity index (χ1v) is 10.4. The Morgan fingerprint density at radius 3 is 2.35 bits per heavy atom. The summed E-state index contributed by atoms with van der Waals surface area (Å²) in [6, 6.07) is 10.1. The molecule has 0 saturated carbocycles. The Kier molecular flexibility index (Phi) is 5.58. The maximum absolute atomic E-state index is 12.7. The number of hydrogen-bond acceptors (Lipinski definition) is 4. The lowest BCUT2D eigenvalue weighted by atomic mass is 10.0. The van der Waals surface area contributed by atoms with E-state index in [1.54, 1.807) is 24.3 Å². The average Bonchev–Trinajstić information content (AvgIpc) is 2.60. The van der Waals surface area contributed by atoms with Crippen LogP contribution < -0.4 is 0 Å². The number of piperazine rings is 1. The monoisotopic (exact) mass is 394 g/mol. The lowest BCUT2D eigenvalue weighted by molar-refractivity contribution is 0.180. The molecule has 7 heteroatoms. The van der Waals surface area contributed by atoms with Crippen LogP contribution in [0.25, 0.3) is 0 Å². The number of phenolic OH excluding ortho intramolecular Hbond substituents is 1. The van der Waals surface area contributed by atoms with Gasteiger partial charge in [0.15, 0.2) is 0 Å². The summed E-state index contributed by atoms with van der Waals surface area (Å²) in [6.07, 6.45) is 0. The molecule has 26 heavy (non-hydrogen) atoms. The molecule has 1 saturated heterocycles. The fraction of sp³-hybridized carbons (Fsp3) is 0.368. The van der Waals surface area contributed by atoms with Crippen LogP contribution in [0.3, 0.4) is 0 Å². The normalized spacial score (nSPS) is 16.7. The Morgan fingerprint density at radius 2 is 1.69 bits per heavy atom. The number of aryl methyl sites for hydroxylation is 2. The molecule has 1 N–H and O–H groups in total. The molecule has 0 radical (unpaired) electrons. The Bertz CT molecular complexity index is 907. The number of benzene rings is 2. The van der Waals surface area contributed by atoms with E-state index in [9.17, 15) is 13.5 Å². The van der Waals surface area contributed by atoms with E-state index in [1.807, 2.05) is 19.9 Å². The smallest absolute Gasteiger partial charge is 0.243 e. The second-order valence-electron chi connectivity index (χ2n) is 6.70. The van der Waals surface area contributed by atoms with E-state index in [4.69, 9.17) is 11.6 Å². The van der Waals surface area contributed by atoms with Crippen LogP contribution in [0, 0.1) is 13.8 Å². The molecule has 3 rings (SSSR count). The topological polar surface area (TPSA) is 60.9 Å². The van der Waals surface area contributed by atoms with Gasteiger partial charge in [-0.2, -0.15) is 4.31 Å². The molecule has 5 nitrogen and oxygen atoms in total. The molecule has 1 aliphatic rings. The molecule has 0 spiro atoms. The molecule has 0 unspecified atom stereocenters. The van der Waals surface area contributed by atoms with Gasteiger partial charge in [0.2, 0.25) is 10.0 Å². The van der Waals surface area contributed by atoms with Crippen molar-refractivity contribution >= 4 is 21.6 Å². The van der Waals surface area contributed by atoms with Gasteiger partial charge in [-0.15, -0.1) is 0 Å². The Labute approximate surface area is 159 Å². The van der Waals surface area contributed by atoms with E-state index in [1.165, 1.54) is 10.4 Å². The summed E-state index contributed by atoms with van der Waals surface area (Å²) in [6.45, 7) is 6.67. The number of sulfonamides is 1. The molecular formula is C19H23ClN2O3S. The molecule has 140 valence electrons. The summed E-state index contributed by atoms with van der Waals surface area (Å²) in [7, 11) is -3.53. The molecule has 0 aromatic heterocycles. The van der Waals surface area contributed by atoms with Gasteiger partial charge in [0.05, 0.1) is 4.90 Å². The molecule has 1 fully saturated rings. The summed E-state index contributed by atoms with van der Waals surface area (Å²) in [5.74, 6) is 0.294. The van der Waals surface area contributed by atoms with E-state index in [0.717, 1.165) is 16.7 Å². The van der Waals surface area contributed by atoms with E-state index in [2.05, 4.69) is 4.90 Å². The minimum atomic E-state index is -3.53. The van der Waals surface area contributed by atoms with Gasteiger partial charge in [-0.1, -0.05) is 23.7 Å². The lowest BCUT2D eigenvalue weighted by Crippen LogP contribution is -2.48. The SMILES string of the molecule is Cc1cc(O)c(CN2CCN(S(=O)(=O)c3cccc(Cl)c3)CC2)cc1C. The molecule has 0 atom stereocenters. The second-order valence-corrected chi connectivity index (χ2v) is 9.08. The van der Waals surface area contributed by atoms with E-state index >= 15 is 0 Å². The summed E-state index contributed by atoms with van der Waals surface area (Å²) in [4.78, 5) is 2.39. The predicted octanol–water partition coefficient (Wildman–Crippen LogP) is 3.17. The Hall–Kier alpha value is -1.60. The highest BCUT2D eigenvalue weighted by atomic mass is 35.5. The Balaban J connectivity index is 1.67. The molecular weight excluding hydrogens is 372 g/mol. The molecule has 2 aromatic rings. The van der Waals surface area contributed by atoms with Gasteiger partial charge in [0, 0.05) is 43.3 Å². The second kappa shape index (κ2) is 7.56. The van der Waals surface area contributed by atoms with Crippen molar-refractivity contribution in [3.05, 3.63) is 58.1 Å². The van der Waals surface area contributed by atoms with Gasteiger partial charge in [-0.05, 0) is 49.2 Å². The van der Waals surface area contributed by atoms with Crippen molar-refractivity contribution in [1.82, 2.24) is 9.21 Å². The summed E-state index contributed by atoms with van der Waals surface area (Å²) in [5.41, 5.74) is 3.07. The average molecular weight is 395 g/mol. The largest absolute Gasteiger partial charge is 0.508 e. The summed E-state index contributed by atoms with van der Waals surface area (Å²) < 4.78 is 27.0. The first kappa shape index (κ1) is 19.2. The van der Waals surface area contributed by atoms with E-state index in [0.29, 0.717) is 43.5 Å². The highest BCUT2D eigenvalue weighted by Crippen LogP contribution is 2.25. The lowest BCUT2D eigenvalue weighted by Gasteiger charge is -2.34. The number of rotatable bonds is 4. The molecule has 1 aliphatic heterocycles. The van der Waals surface area contributed by atoms with E-state index < -0.39 is 10.0 Å². The molecule has 0 bridgehead atoms. The quantitative estimate of drug-likeness (QED) is 0.865. The fourth-order valence-corrected chi connectivity index (χ4v) is 4.86. The highest BCUT2D eigenvalue weighted by Gasteiger charge is 2.28. The number of hydrogen-bond donors (Lipinski definition) is 1. The first-order valence-electron chi connectivity index (χ1n) is 8.54. The number of phenols is 1. The molecule has 0 aliphatic carbocycles. The fourth-order valence-electron chi connectivity index (χ4n) is 3.13. The standard InChI is InChI=1S/C19H23ClN2O3S/c1-14-10-16(19(23)11-15(14)2)13-21-6-8-22(9-7-21)26(24,25)18-5-3-4-17(20)12-18/h3-5,10-12,23H,6-9,13H2,1-2H3. The van der Waals surface area contributed by atoms with Crippen molar-refractivity contribution < 1.29 is 13.5 Å². The van der Waals surface area contributed by atoms with Crippen molar-refractivity contribution in [3.8, 4) is 5.75 Å². The van der Waals surface area contributed by atoms with Crippen molar-refractivity contribution in [1.29, 1.82) is 0 Å². The minimum Gasteiger partial charge on any atom is -0.508 e. The number of halogens is 1. The zero-order chi connectivity index (χ0) is 18.9. The third kappa shape index (κ3) is 4.04. The molecule has 1 heterocycles. The summed E-state index contributed by atoms with van der Waals surface area (Å²) in [5, 5.41) is 10.6. The zero-order valence-electron chi connectivity index (χ0n) is 14.9. The third-order valence-electron chi connectivity index (χ3n) is 4.85. The maximum atomic E-state index is 12.7. The van der Waals surface area contributed by atoms with Crippen LogP contribution in [0.1, 0.15) is 16.7 Å². The number of nitrogens with zero attached hydrogens (tertiary/aromatic N) is 2. The maximum Gasteiger partial charge on any atom is 0.243 e. The van der Waals surface area contributed by atoms with E-state index in [-0.39, 0.29) is 4.90 Å². The molecule has 0 amide bonds. The van der Waals surface area contributed by atoms with Crippen LogP contribution >= 0.6 is 11.6 Å². The van der Waals surface area contributed by atoms with Crippen molar-refractivity contribution in [2.75, 3.05) is 26.2 Å². The van der Waals surface area contributed by atoms with Gasteiger partial charge >= 0.3 is 0 Å². The van der Waals surface area contributed by atoms with Crippen molar-refractivity contribution in [2.45, 2.75) is 25.3 Å². The predicted molar refractivity (Wildman–Crippen MR) is 103 cm³/mol. The van der Waals surface area contributed by atoms with Gasteiger partial charge < -0.3 is 5.11 Å². The van der Waals surface area contributed by atoms with Gasteiger partial charge in [-0.25, -0.2) is 8.42 Å². The number of aromatic hydroxyl groups is 1. The van der Waals surface area contributed by atoms with Crippen LogP contribution in [-0.4, -0.2) is 48.9 Å². The highest BCUT2D eigenvalue weighted by molar-refractivity contribution is 7.89. The third-order valence-corrected chi connectivity index (χ3v) is 6.98. The van der Waals surface area contributed by atoms with Gasteiger partial charge in [-0.3, -0.25) is 4.90 Å². The van der Waals surface area contributed by atoms with Crippen LogP contribution in [0.4, 0.5) is 0 Å². The summed E-state index contributed by atoms with van der Waals surface area (Å²) >= 11 is 5.93. The molecule has 2 aromatic carbocycles. The van der Waals surface area contributed by atoms with Gasteiger partial charge in [0.25, 0.3) is 0 Å². The van der Waals surface area contributed by atoms with Gasteiger partial charge in [0.1, 0.15) is 5.75 Å². The first-order chi connectivity index (χ1) is 12.3. The van der Waals surface area contributed by atoms with Crippen molar-refractivity contribution in [3.63, 3.8) is 0 Å². The van der Waals surface area contributed by atoms with Crippen molar-refractivity contribution in [2.24, 2.45) is 0 Å². The van der Waals surface area contributed by atoms with Crippen LogP contribution in [-0.2, 0) is 16.6 Å². The van der Waals surface area contributed by atoms with Crippen LogP contribution in [0.15, 0.2) is 41.3 Å². The van der Waals surface area contributed by atoms with Crippen LogP contribution in [0.5, 0.6) is 5.75 Å². The Morgan fingerprint density at radius 1 is 1.04 bits per heavy atom. The van der Waals surface area contributed by atoms with Crippen LogP contribution in [0.2, 0.25) is 5.02 Å². The zero-order valence-corrected chi connectivity index (χ0v) is 16.5.